The van der Waals surface area contributed by atoms with E-state index in [1.165, 1.54) is 13.8 Å². The van der Waals surface area contributed by atoms with E-state index in [1.807, 2.05) is 30.3 Å². The molecule has 3 atom stereocenters. The van der Waals surface area contributed by atoms with Gasteiger partial charge in [0.25, 0.3) is 5.91 Å². The first-order valence-electron chi connectivity index (χ1n) is 10.4. The maximum absolute atomic E-state index is 12.5. The molecular formula is C22H31N3O7. The Kier molecular flexibility index (Phi) is 10.9. The van der Waals surface area contributed by atoms with Crippen LogP contribution < -0.4 is 16.0 Å². The van der Waals surface area contributed by atoms with Crippen LogP contribution in [0, 0.1) is 0 Å². The number of amides is 3. The second kappa shape index (κ2) is 13.1. The molecule has 0 radical (unpaired) electrons. The number of hydrogen-bond donors (Lipinski definition) is 4. The van der Waals surface area contributed by atoms with Crippen molar-refractivity contribution in [2.24, 2.45) is 0 Å². The van der Waals surface area contributed by atoms with Crippen LogP contribution in [0.4, 0.5) is 0 Å². The smallest absolute Gasteiger partial charge is 0.329 e. The molecule has 0 spiro atoms. The minimum Gasteiger partial charge on any atom is -0.481 e. The molecule has 0 saturated carbocycles. The van der Waals surface area contributed by atoms with Crippen LogP contribution in [0.2, 0.25) is 0 Å². The molecule has 0 heterocycles. The molecule has 32 heavy (non-hydrogen) atoms. The van der Waals surface area contributed by atoms with Gasteiger partial charge in [0.2, 0.25) is 11.8 Å². The van der Waals surface area contributed by atoms with Crippen LogP contribution in [-0.2, 0) is 35.1 Å². The van der Waals surface area contributed by atoms with Crippen LogP contribution >= 0.6 is 0 Å². The Labute approximate surface area is 187 Å². The lowest BCUT2D eigenvalue weighted by molar-refractivity contribution is -0.158. The first kappa shape index (κ1) is 26.6. The Hall–Kier alpha value is -3.43. The normalized spacial score (nSPS) is 13.4. The molecule has 10 nitrogen and oxygen atoms in total. The van der Waals surface area contributed by atoms with E-state index < -0.39 is 47.8 Å². The zero-order chi connectivity index (χ0) is 24.3. The highest BCUT2D eigenvalue weighted by atomic mass is 16.5. The van der Waals surface area contributed by atoms with E-state index in [9.17, 15) is 24.0 Å². The number of aliphatic carboxylic acids is 1. The van der Waals surface area contributed by atoms with Crippen LogP contribution in [0.3, 0.4) is 0 Å². The summed E-state index contributed by atoms with van der Waals surface area (Å²) in [5, 5.41) is 16.1. The van der Waals surface area contributed by atoms with E-state index in [0.717, 1.165) is 5.56 Å². The summed E-state index contributed by atoms with van der Waals surface area (Å²) >= 11 is 0. The SMILES string of the molecule is CC(C)NC(=O)[C@H](Cc1ccccc1)OC(=O)[C@H](C)NC(=O)[C@H](C)NC(=O)CCC(=O)O. The number of nitrogens with one attached hydrogen (secondary N) is 3. The quantitative estimate of drug-likeness (QED) is 0.340. The summed E-state index contributed by atoms with van der Waals surface area (Å²) in [7, 11) is 0. The van der Waals surface area contributed by atoms with Gasteiger partial charge in [-0.3, -0.25) is 19.2 Å². The molecule has 0 aliphatic carbocycles. The molecule has 4 N–H and O–H groups in total. The number of hydrogen-bond acceptors (Lipinski definition) is 6. The lowest BCUT2D eigenvalue weighted by Crippen LogP contribution is -2.51. The fourth-order valence-corrected chi connectivity index (χ4v) is 2.63. The van der Waals surface area contributed by atoms with E-state index in [2.05, 4.69) is 16.0 Å². The molecule has 0 unspecified atom stereocenters. The summed E-state index contributed by atoms with van der Waals surface area (Å²) in [6.07, 6.45) is -1.54. The average Bonchev–Trinajstić information content (AvgIpc) is 2.71. The van der Waals surface area contributed by atoms with Crippen molar-refractivity contribution in [3.8, 4) is 0 Å². The standard InChI is InChI=1S/C22H31N3O7/c1-13(2)23-21(30)17(12-16-8-6-5-7-9-16)32-22(31)15(4)25-20(29)14(3)24-18(26)10-11-19(27)28/h5-9,13-15,17H,10-12H2,1-4H3,(H,23,30)(H,24,26)(H,25,29)(H,27,28)/t14-,15-,17-/m0/s1. The molecule has 3 amide bonds. The molecule has 0 aliphatic rings. The molecule has 1 aromatic rings. The lowest BCUT2D eigenvalue weighted by Gasteiger charge is -2.22. The van der Waals surface area contributed by atoms with E-state index in [4.69, 9.17) is 9.84 Å². The number of esters is 1. The van der Waals surface area contributed by atoms with Gasteiger partial charge in [-0.15, -0.1) is 0 Å². The summed E-state index contributed by atoms with van der Waals surface area (Å²) in [4.78, 5) is 59.5. The number of carbonyl (C=O) groups is 5. The Morgan fingerprint density at radius 2 is 1.47 bits per heavy atom. The third-order valence-electron chi connectivity index (χ3n) is 4.29. The highest BCUT2D eigenvalue weighted by Crippen LogP contribution is 2.08. The first-order valence-corrected chi connectivity index (χ1v) is 10.4. The molecule has 176 valence electrons. The number of ether oxygens (including phenoxy) is 1. The summed E-state index contributed by atoms with van der Waals surface area (Å²) in [6, 6.07) is 6.85. The van der Waals surface area contributed by atoms with Gasteiger partial charge in [-0.05, 0) is 33.3 Å². The van der Waals surface area contributed by atoms with Gasteiger partial charge in [0.1, 0.15) is 12.1 Å². The Morgan fingerprint density at radius 3 is 2.03 bits per heavy atom. The topological polar surface area (TPSA) is 151 Å². The second-order valence-corrected chi connectivity index (χ2v) is 7.69. The number of carboxylic acid groups (broad SMARTS) is 1. The molecular weight excluding hydrogens is 418 g/mol. The molecule has 0 fully saturated rings. The maximum Gasteiger partial charge on any atom is 0.329 e. The van der Waals surface area contributed by atoms with Gasteiger partial charge in [0, 0.05) is 18.9 Å². The van der Waals surface area contributed by atoms with Crippen molar-refractivity contribution in [2.75, 3.05) is 0 Å². The number of carboxylic acids is 1. The first-order chi connectivity index (χ1) is 15.0. The van der Waals surface area contributed by atoms with Gasteiger partial charge in [0.15, 0.2) is 6.10 Å². The van der Waals surface area contributed by atoms with Crippen molar-refractivity contribution in [1.82, 2.24) is 16.0 Å². The third kappa shape index (κ3) is 10.1. The van der Waals surface area contributed by atoms with Crippen molar-refractivity contribution in [3.63, 3.8) is 0 Å². The Bertz CT molecular complexity index is 811. The summed E-state index contributed by atoms with van der Waals surface area (Å²) < 4.78 is 5.39. The largest absolute Gasteiger partial charge is 0.481 e. The summed E-state index contributed by atoms with van der Waals surface area (Å²) in [5.74, 6) is -3.62. The zero-order valence-electron chi connectivity index (χ0n) is 18.7. The third-order valence-corrected chi connectivity index (χ3v) is 4.29. The van der Waals surface area contributed by atoms with Gasteiger partial charge < -0.3 is 25.8 Å². The van der Waals surface area contributed by atoms with Gasteiger partial charge in [-0.2, -0.15) is 0 Å². The fraction of sp³-hybridized carbons (Fsp3) is 0.500. The van der Waals surface area contributed by atoms with Crippen molar-refractivity contribution < 1.29 is 33.8 Å². The Balaban J connectivity index is 2.69. The van der Waals surface area contributed by atoms with Crippen LogP contribution in [0.25, 0.3) is 0 Å². The average molecular weight is 450 g/mol. The summed E-state index contributed by atoms with van der Waals surface area (Å²) in [5.41, 5.74) is 0.804. The number of benzene rings is 1. The molecule has 0 aliphatic heterocycles. The maximum atomic E-state index is 12.5. The number of rotatable bonds is 12. The van der Waals surface area contributed by atoms with Crippen LogP contribution in [0.1, 0.15) is 46.1 Å². The minimum absolute atomic E-state index is 0.151. The second-order valence-electron chi connectivity index (χ2n) is 7.69. The molecule has 0 saturated heterocycles. The van der Waals surface area contributed by atoms with E-state index in [1.54, 1.807) is 13.8 Å². The molecule has 10 heteroatoms. The van der Waals surface area contributed by atoms with Gasteiger partial charge in [-0.1, -0.05) is 30.3 Å². The van der Waals surface area contributed by atoms with Crippen molar-refractivity contribution in [2.45, 2.75) is 71.2 Å². The monoisotopic (exact) mass is 449 g/mol. The van der Waals surface area contributed by atoms with Crippen LogP contribution in [-0.4, -0.2) is 59.0 Å². The molecule has 0 aromatic heterocycles. The number of carbonyl (C=O) groups excluding carboxylic acids is 4. The van der Waals surface area contributed by atoms with Gasteiger partial charge in [0.05, 0.1) is 6.42 Å². The van der Waals surface area contributed by atoms with Gasteiger partial charge >= 0.3 is 11.9 Å². The highest BCUT2D eigenvalue weighted by Gasteiger charge is 2.28. The van der Waals surface area contributed by atoms with Gasteiger partial charge in [-0.25, -0.2) is 4.79 Å². The van der Waals surface area contributed by atoms with Crippen molar-refractivity contribution in [1.29, 1.82) is 0 Å². The predicted octanol–water partition coefficient (Wildman–Crippen LogP) is 0.540. The molecule has 0 bridgehead atoms. The van der Waals surface area contributed by atoms with Crippen LogP contribution in [0.15, 0.2) is 30.3 Å². The summed E-state index contributed by atoms with van der Waals surface area (Å²) in [6.45, 7) is 6.38. The lowest BCUT2D eigenvalue weighted by atomic mass is 10.1. The zero-order valence-corrected chi connectivity index (χ0v) is 18.7. The minimum atomic E-state index is -1.12. The van der Waals surface area contributed by atoms with E-state index >= 15 is 0 Å². The van der Waals surface area contributed by atoms with E-state index in [-0.39, 0.29) is 25.3 Å². The highest BCUT2D eigenvalue weighted by molar-refractivity contribution is 5.91. The molecule has 1 aromatic carbocycles. The van der Waals surface area contributed by atoms with E-state index in [0.29, 0.717) is 0 Å². The molecule has 1 rings (SSSR count). The van der Waals surface area contributed by atoms with Crippen molar-refractivity contribution >= 4 is 29.7 Å². The van der Waals surface area contributed by atoms with Crippen LogP contribution in [0.5, 0.6) is 0 Å². The fourth-order valence-electron chi connectivity index (χ4n) is 2.63. The predicted molar refractivity (Wildman–Crippen MR) is 115 cm³/mol. The van der Waals surface area contributed by atoms with Crippen molar-refractivity contribution in [3.05, 3.63) is 35.9 Å². The Morgan fingerprint density at radius 1 is 0.844 bits per heavy atom.